The van der Waals surface area contributed by atoms with Crippen molar-refractivity contribution in [1.29, 1.82) is 0 Å². The van der Waals surface area contributed by atoms with Crippen LogP contribution in [-0.4, -0.2) is 57.3 Å². The van der Waals surface area contributed by atoms with Crippen molar-refractivity contribution in [3.05, 3.63) is 60.1 Å². The first-order valence-electron chi connectivity index (χ1n) is 11.7. The molecule has 0 unspecified atom stereocenters. The van der Waals surface area contributed by atoms with Gasteiger partial charge in [0.05, 0.1) is 18.9 Å². The molecule has 0 radical (unpaired) electrons. The average molecular weight is 557 g/mol. The molecule has 1 saturated heterocycles. The molecule has 9 heteroatoms. The second-order valence-electron chi connectivity index (χ2n) is 8.70. The third kappa shape index (κ3) is 4.91. The minimum absolute atomic E-state index is 0. The van der Waals surface area contributed by atoms with Crippen LogP contribution in [-0.2, 0) is 11.3 Å². The summed E-state index contributed by atoms with van der Waals surface area (Å²) in [6.07, 6.45) is 8.07. The number of ether oxygens (including phenoxy) is 1. The Kier molecular flexibility index (Phi) is 7.29. The number of morpholine rings is 1. The molecule has 1 aliphatic heterocycles. The van der Waals surface area contributed by atoms with E-state index in [0.717, 1.165) is 96.0 Å². The van der Waals surface area contributed by atoms with E-state index in [2.05, 4.69) is 31.0 Å². The van der Waals surface area contributed by atoms with E-state index in [-0.39, 0.29) is 22.8 Å². The van der Waals surface area contributed by atoms with Crippen molar-refractivity contribution in [3.63, 3.8) is 0 Å². The number of aromatic amines is 1. The van der Waals surface area contributed by atoms with Crippen molar-refractivity contribution in [2.24, 2.45) is 0 Å². The first kappa shape index (κ1) is 24.1. The van der Waals surface area contributed by atoms with Crippen LogP contribution in [0.1, 0.15) is 12.8 Å². The van der Waals surface area contributed by atoms with Gasteiger partial charge in [0.15, 0.2) is 0 Å². The maximum Gasteiger partial charge on any atom is 0.137 e. The number of hydrogen-bond donors (Lipinski definition) is 1. The van der Waals surface area contributed by atoms with Gasteiger partial charge in [0, 0.05) is 71.0 Å². The molecule has 6 nitrogen and oxygen atoms in total. The zero-order valence-corrected chi connectivity index (χ0v) is 21.8. The highest BCUT2D eigenvalue weighted by Gasteiger charge is 2.17. The number of fused-ring (bicyclic) bond motifs is 2. The number of aryl methyl sites for hydroxylation is 1. The zero-order valence-electron chi connectivity index (χ0n) is 19.2. The van der Waals surface area contributed by atoms with Gasteiger partial charge in [-0.25, -0.2) is 14.4 Å². The molecule has 0 bridgehead atoms. The Balaban J connectivity index is 0.00000253. The Bertz CT molecular complexity index is 1440. The number of nitrogens with one attached hydrogen (secondary N) is 1. The maximum absolute atomic E-state index is 14.2. The first-order chi connectivity index (χ1) is 16.8. The van der Waals surface area contributed by atoms with Crippen molar-refractivity contribution in [1.82, 2.24) is 24.4 Å². The highest BCUT2D eigenvalue weighted by Crippen LogP contribution is 2.37. The fraction of sp³-hybridized carbons (Fsp3) is 0.308. The molecule has 182 valence electrons. The van der Waals surface area contributed by atoms with Gasteiger partial charge in [0.1, 0.15) is 16.5 Å². The molecule has 5 aromatic rings. The van der Waals surface area contributed by atoms with Gasteiger partial charge in [-0.15, -0.1) is 28.3 Å². The number of H-pyrrole nitrogens is 1. The lowest BCUT2D eigenvalue weighted by Gasteiger charge is -2.26. The number of pyridine rings is 1. The molecule has 1 fully saturated rings. The number of hydrogen-bond acceptors (Lipinski definition) is 5. The van der Waals surface area contributed by atoms with E-state index in [4.69, 9.17) is 9.72 Å². The molecule has 4 aromatic heterocycles. The van der Waals surface area contributed by atoms with Crippen LogP contribution >= 0.6 is 28.3 Å². The molecule has 0 atom stereocenters. The number of rotatable bonds is 7. The number of aromatic nitrogens is 4. The van der Waals surface area contributed by atoms with Crippen molar-refractivity contribution in [2.45, 2.75) is 19.4 Å². The molecule has 0 amide bonds. The predicted octanol–water partition coefficient (Wildman–Crippen LogP) is 6.14. The highest BCUT2D eigenvalue weighted by atomic mass is 79.9. The SMILES string of the molecule is Br.Fc1ccc2c(c1)c(-c1nc(-c3c[nH]c4ncccc34)cs1)cn2CCCCN1CCOCC1. The van der Waals surface area contributed by atoms with Gasteiger partial charge in [-0.1, -0.05) is 0 Å². The molecular weight excluding hydrogens is 529 g/mol. The van der Waals surface area contributed by atoms with Gasteiger partial charge in [-0.05, 0) is 49.7 Å². The lowest BCUT2D eigenvalue weighted by atomic mass is 10.1. The largest absolute Gasteiger partial charge is 0.379 e. The molecule has 1 N–H and O–H groups in total. The van der Waals surface area contributed by atoms with Crippen LogP contribution in [0.4, 0.5) is 4.39 Å². The number of benzene rings is 1. The fourth-order valence-electron chi connectivity index (χ4n) is 4.76. The molecule has 0 spiro atoms. The molecule has 0 saturated carbocycles. The lowest BCUT2D eigenvalue weighted by Crippen LogP contribution is -2.36. The molecule has 5 heterocycles. The van der Waals surface area contributed by atoms with Crippen molar-refractivity contribution in [2.75, 3.05) is 32.8 Å². The van der Waals surface area contributed by atoms with E-state index < -0.39 is 0 Å². The van der Waals surface area contributed by atoms with Gasteiger partial charge in [0.25, 0.3) is 0 Å². The van der Waals surface area contributed by atoms with Crippen molar-refractivity contribution in [3.8, 4) is 21.8 Å². The summed E-state index contributed by atoms with van der Waals surface area (Å²) in [7, 11) is 0. The number of halogens is 2. The second kappa shape index (κ2) is 10.6. The summed E-state index contributed by atoms with van der Waals surface area (Å²) >= 11 is 1.59. The Morgan fingerprint density at radius 3 is 2.80 bits per heavy atom. The van der Waals surface area contributed by atoms with Gasteiger partial charge < -0.3 is 14.3 Å². The molecule has 35 heavy (non-hydrogen) atoms. The van der Waals surface area contributed by atoms with Crippen molar-refractivity contribution >= 4 is 50.3 Å². The lowest BCUT2D eigenvalue weighted by molar-refractivity contribution is 0.0371. The minimum atomic E-state index is -0.224. The summed E-state index contributed by atoms with van der Waals surface area (Å²) in [5.41, 5.74) is 4.82. The molecule has 1 aliphatic rings. The molecular formula is C26H27BrFN5OS. The summed E-state index contributed by atoms with van der Waals surface area (Å²) in [6.45, 7) is 5.71. The summed E-state index contributed by atoms with van der Waals surface area (Å²) < 4.78 is 21.9. The molecule has 6 rings (SSSR count). The Morgan fingerprint density at radius 1 is 1.06 bits per heavy atom. The number of thiazole rings is 1. The smallest absolute Gasteiger partial charge is 0.137 e. The number of unbranched alkanes of at least 4 members (excludes halogenated alkanes) is 1. The van der Waals surface area contributed by atoms with Crippen LogP contribution in [0.3, 0.4) is 0 Å². The predicted molar refractivity (Wildman–Crippen MR) is 145 cm³/mol. The monoisotopic (exact) mass is 555 g/mol. The Hall–Kier alpha value is -2.59. The Labute approximate surface area is 217 Å². The van der Waals surface area contributed by atoms with Crippen LogP contribution in [0.15, 0.2) is 54.3 Å². The van der Waals surface area contributed by atoms with Crippen LogP contribution < -0.4 is 0 Å². The van der Waals surface area contributed by atoms with Gasteiger partial charge in [-0.3, -0.25) is 4.90 Å². The zero-order chi connectivity index (χ0) is 22.9. The third-order valence-corrected chi connectivity index (χ3v) is 7.41. The summed E-state index contributed by atoms with van der Waals surface area (Å²) in [4.78, 5) is 15.0. The minimum Gasteiger partial charge on any atom is -0.379 e. The standard InChI is InChI=1S/C26H26FN5OS.BrH/c27-18-5-6-24-20(14-18)22(16-32(24)9-2-1-8-31-10-12-33-13-11-31)26-30-23(17-34-26)21-15-29-25-19(21)4-3-7-28-25;/h3-7,14-17H,1-2,8-13H2,(H,28,29);1H. The van der Waals surface area contributed by atoms with Crippen LogP contribution in [0.2, 0.25) is 0 Å². The van der Waals surface area contributed by atoms with E-state index in [9.17, 15) is 4.39 Å². The Morgan fingerprint density at radius 2 is 1.91 bits per heavy atom. The highest BCUT2D eigenvalue weighted by molar-refractivity contribution is 8.93. The van der Waals surface area contributed by atoms with Crippen LogP contribution in [0.25, 0.3) is 43.8 Å². The van der Waals surface area contributed by atoms with E-state index in [0.29, 0.717) is 0 Å². The number of nitrogens with zero attached hydrogens (tertiary/aromatic N) is 4. The maximum atomic E-state index is 14.2. The van der Waals surface area contributed by atoms with Crippen LogP contribution in [0, 0.1) is 5.82 Å². The first-order valence-corrected chi connectivity index (χ1v) is 12.6. The topological polar surface area (TPSA) is 59.0 Å². The van der Waals surface area contributed by atoms with Gasteiger partial charge in [-0.2, -0.15) is 0 Å². The van der Waals surface area contributed by atoms with Crippen molar-refractivity contribution < 1.29 is 9.13 Å². The third-order valence-electron chi connectivity index (χ3n) is 6.53. The van der Waals surface area contributed by atoms with E-state index in [1.807, 2.05) is 24.4 Å². The summed E-state index contributed by atoms with van der Waals surface area (Å²) in [5, 5.41) is 4.93. The van der Waals surface area contributed by atoms with Crippen LogP contribution in [0.5, 0.6) is 0 Å². The summed E-state index contributed by atoms with van der Waals surface area (Å²) in [5.74, 6) is -0.224. The van der Waals surface area contributed by atoms with Gasteiger partial charge >= 0.3 is 0 Å². The average Bonchev–Trinajstić information content (AvgIpc) is 3.59. The van der Waals surface area contributed by atoms with E-state index in [1.54, 1.807) is 29.7 Å². The second-order valence-corrected chi connectivity index (χ2v) is 9.56. The quantitative estimate of drug-likeness (QED) is 0.245. The normalized spacial score (nSPS) is 14.5. The van der Waals surface area contributed by atoms with E-state index >= 15 is 0 Å². The van der Waals surface area contributed by atoms with E-state index in [1.165, 1.54) is 0 Å². The molecule has 0 aliphatic carbocycles. The summed E-state index contributed by atoms with van der Waals surface area (Å²) in [6, 6.07) is 9.04. The molecule has 1 aromatic carbocycles. The fourth-order valence-corrected chi connectivity index (χ4v) is 5.60. The van der Waals surface area contributed by atoms with Gasteiger partial charge in [0.2, 0.25) is 0 Å².